The molecule has 0 bridgehead atoms. The second kappa shape index (κ2) is 11.1. The van der Waals surface area contributed by atoms with Gasteiger partial charge in [-0.1, -0.05) is 43.7 Å². The van der Waals surface area contributed by atoms with Crippen molar-refractivity contribution in [2.24, 2.45) is 5.73 Å². The van der Waals surface area contributed by atoms with E-state index in [0.29, 0.717) is 35.7 Å². The third kappa shape index (κ3) is 5.35. The van der Waals surface area contributed by atoms with E-state index in [0.717, 1.165) is 24.0 Å². The van der Waals surface area contributed by atoms with Gasteiger partial charge in [-0.05, 0) is 56.5 Å². The first-order chi connectivity index (χ1) is 16.3. The third-order valence-electron chi connectivity index (χ3n) is 5.91. The Kier molecular flexibility index (Phi) is 8.21. The van der Waals surface area contributed by atoms with Gasteiger partial charge in [-0.25, -0.2) is 9.18 Å². The summed E-state index contributed by atoms with van der Waals surface area (Å²) in [5.74, 6) is -0.851. The molecule has 1 saturated heterocycles. The van der Waals surface area contributed by atoms with Crippen LogP contribution in [0, 0.1) is 12.7 Å². The number of amides is 2. The number of hydrogen-bond donors (Lipinski definition) is 3. The molecule has 2 amide bonds. The molecule has 6 nitrogen and oxygen atoms in total. The second-order valence-electron chi connectivity index (χ2n) is 8.71. The van der Waals surface area contributed by atoms with E-state index in [1.165, 1.54) is 12.1 Å². The Labute approximate surface area is 200 Å². The Morgan fingerprint density at radius 3 is 2.44 bits per heavy atom. The van der Waals surface area contributed by atoms with Crippen LogP contribution in [0.3, 0.4) is 0 Å². The lowest BCUT2D eigenvalue weighted by molar-refractivity contribution is -0.462. The van der Waals surface area contributed by atoms with Gasteiger partial charge in [0.1, 0.15) is 11.9 Å². The molecule has 34 heavy (non-hydrogen) atoms. The fraction of sp³-hybridized carbons (Fsp3) is 0.370. The van der Waals surface area contributed by atoms with E-state index in [1.54, 1.807) is 36.1 Å². The zero-order valence-electron chi connectivity index (χ0n) is 20.3. The van der Waals surface area contributed by atoms with Crippen LogP contribution >= 0.6 is 0 Å². The molecule has 0 radical (unpaired) electrons. The highest BCUT2D eigenvalue weighted by Gasteiger charge is 2.50. The van der Waals surface area contributed by atoms with E-state index in [2.05, 4.69) is 10.3 Å². The molecule has 0 aliphatic carbocycles. The molecule has 0 saturated carbocycles. The molecule has 2 atom stereocenters. The van der Waals surface area contributed by atoms with Crippen LogP contribution in [0.25, 0.3) is 0 Å². The van der Waals surface area contributed by atoms with Gasteiger partial charge in [-0.3, -0.25) is 9.79 Å². The highest BCUT2D eigenvalue weighted by Crippen LogP contribution is 2.35. The highest BCUT2D eigenvalue weighted by molar-refractivity contribution is 6.12. The third-order valence-corrected chi connectivity index (χ3v) is 5.91. The number of nitrogens with zero attached hydrogens (tertiary/aromatic N) is 1. The summed E-state index contributed by atoms with van der Waals surface area (Å²) in [6.45, 7) is 8.88. The number of halogens is 1. The predicted octanol–water partition coefficient (Wildman–Crippen LogP) is 2.39. The summed E-state index contributed by atoms with van der Waals surface area (Å²) >= 11 is 0. The van der Waals surface area contributed by atoms with Crippen molar-refractivity contribution in [3.05, 3.63) is 82.3 Å². The van der Waals surface area contributed by atoms with Gasteiger partial charge in [0.2, 0.25) is 0 Å². The number of nitrogens with one attached hydrogen (secondary N) is 2. The molecular weight excluding hydrogens is 431 g/mol. The molecule has 1 aliphatic heterocycles. The number of hydrogen-bond acceptors (Lipinski definition) is 3. The Bertz CT molecular complexity index is 1100. The Morgan fingerprint density at radius 2 is 1.85 bits per heavy atom. The van der Waals surface area contributed by atoms with E-state index < -0.39 is 12.0 Å². The van der Waals surface area contributed by atoms with Gasteiger partial charge in [0.05, 0.1) is 24.6 Å². The van der Waals surface area contributed by atoms with Crippen LogP contribution in [0.2, 0.25) is 0 Å². The van der Waals surface area contributed by atoms with Crippen LogP contribution in [0.5, 0.6) is 0 Å². The maximum Gasteiger partial charge on any atom is 0.333 e. The summed E-state index contributed by atoms with van der Waals surface area (Å²) in [6, 6.07) is 12.3. The van der Waals surface area contributed by atoms with Crippen molar-refractivity contribution in [2.75, 3.05) is 13.1 Å². The van der Waals surface area contributed by atoms with Crippen molar-refractivity contribution in [3.8, 4) is 0 Å². The lowest BCUT2D eigenvalue weighted by atomic mass is 9.78. The number of benzene rings is 2. The van der Waals surface area contributed by atoms with Gasteiger partial charge in [0.15, 0.2) is 0 Å². The van der Waals surface area contributed by atoms with Gasteiger partial charge in [0.25, 0.3) is 11.7 Å². The van der Waals surface area contributed by atoms with Gasteiger partial charge < -0.3 is 11.1 Å². The van der Waals surface area contributed by atoms with E-state index in [1.807, 2.05) is 32.9 Å². The van der Waals surface area contributed by atoms with Crippen molar-refractivity contribution in [3.63, 3.8) is 0 Å². The lowest BCUT2D eigenvalue weighted by Crippen LogP contribution is -2.80. The van der Waals surface area contributed by atoms with Gasteiger partial charge in [0, 0.05) is 11.3 Å². The fourth-order valence-corrected chi connectivity index (χ4v) is 4.38. The molecule has 7 heteroatoms. The Hall–Kier alpha value is -3.48. The summed E-state index contributed by atoms with van der Waals surface area (Å²) in [5.41, 5.74) is 9.81. The molecular formula is C27H34FN4O2+. The number of aryl methyl sites for hydroxylation is 1. The summed E-state index contributed by atoms with van der Waals surface area (Å²) < 4.78 is 13.8. The molecule has 0 aromatic heterocycles. The molecule has 3 rings (SSSR count). The molecule has 1 aliphatic rings. The molecule has 0 spiro atoms. The van der Waals surface area contributed by atoms with Crippen LogP contribution in [0.1, 0.15) is 61.0 Å². The zero-order chi connectivity index (χ0) is 24.8. The minimum atomic E-state index is -0.898. The number of piperidine rings is 1. The first-order valence-electron chi connectivity index (χ1n) is 11.8. The van der Waals surface area contributed by atoms with Crippen molar-refractivity contribution < 1.29 is 19.0 Å². The fourth-order valence-electron chi connectivity index (χ4n) is 4.38. The second-order valence-corrected chi connectivity index (χ2v) is 8.71. The topological polar surface area (TPSA) is 89.4 Å². The lowest BCUT2D eigenvalue weighted by Gasteiger charge is -2.36. The van der Waals surface area contributed by atoms with E-state index in [4.69, 9.17) is 5.73 Å². The average Bonchev–Trinajstić information content (AvgIpc) is 2.81. The summed E-state index contributed by atoms with van der Waals surface area (Å²) in [7, 11) is 0. The van der Waals surface area contributed by atoms with Crippen LogP contribution in [0.4, 0.5) is 4.39 Å². The van der Waals surface area contributed by atoms with Crippen LogP contribution in [-0.2, 0) is 4.79 Å². The van der Waals surface area contributed by atoms with E-state index in [9.17, 15) is 14.0 Å². The molecule has 0 unspecified atom stereocenters. The maximum atomic E-state index is 13.9. The SMILES string of the molecule is CCC[NH+]=C1/C(=C(/C)N)[C@H](c2ccc(F)cc2)[C@H](NC(=O)c2cccc(C)c2)C(=O)N1CCC. The minimum absolute atomic E-state index is 0.221. The number of rotatable bonds is 7. The number of likely N-dealkylation sites (tertiary alicyclic amines) is 1. The Balaban J connectivity index is 2.16. The number of carbonyl (C=O) groups is 2. The molecule has 2 aromatic carbocycles. The Morgan fingerprint density at radius 1 is 1.15 bits per heavy atom. The highest BCUT2D eigenvalue weighted by atomic mass is 19.1. The first-order valence-corrected chi connectivity index (χ1v) is 11.8. The minimum Gasteiger partial charge on any atom is -0.402 e. The van der Waals surface area contributed by atoms with E-state index >= 15 is 0 Å². The monoisotopic (exact) mass is 465 g/mol. The summed E-state index contributed by atoms with van der Waals surface area (Å²) in [4.78, 5) is 32.2. The van der Waals surface area contributed by atoms with Crippen molar-refractivity contribution in [2.45, 2.75) is 52.5 Å². The van der Waals surface area contributed by atoms with Gasteiger partial charge >= 0.3 is 5.91 Å². The number of nitrogens with two attached hydrogens (primary N) is 1. The van der Waals surface area contributed by atoms with Gasteiger partial charge in [-0.2, -0.15) is 4.90 Å². The van der Waals surface area contributed by atoms with Gasteiger partial charge in [-0.15, -0.1) is 0 Å². The first kappa shape index (κ1) is 25.1. The molecule has 4 N–H and O–H groups in total. The van der Waals surface area contributed by atoms with E-state index in [-0.39, 0.29) is 17.6 Å². The standard InChI is InChI=1S/C27H33FN4O2/c1-5-14-30-25-22(18(4)29)23(19-10-12-21(28)13-11-19)24(27(34)32(25)15-6-2)31-26(33)20-9-7-8-17(3)16-20/h7-13,16,23-24H,5-6,14-15,29H2,1-4H3,(H,31,33)/p+1/b22-18-,30-25?/t23-,24-/m0/s1. The van der Waals surface area contributed by atoms with Crippen molar-refractivity contribution >= 4 is 17.6 Å². The summed E-state index contributed by atoms with van der Waals surface area (Å²) in [5, 5.41) is 2.97. The molecule has 1 fully saturated rings. The smallest absolute Gasteiger partial charge is 0.333 e. The van der Waals surface area contributed by atoms with Crippen LogP contribution in [-0.4, -0.2) is 41.7 Å². The van der Waals surface area contributed by atoms with Crippen molar-refractivity contribution in [1.82, 2.24) is 10.2 Å². The van der Waals surface area contributed by atoms with Crippen LogP contribution in [0.15, 0.2) is 59.8 Å². The predicted molar refractivity (Wildman–Crippen MR) is 132 cm³/mol. The number of amidine groups is 1. The largest absolute Gasteiger partial charge is 0.402 e. The summed E-state index contributed by atoms with van der Waals surface area (Å²) in [6.07, 6.45) is 1.60. The molecule has 1 heterocycles. The zero-order valence-corrected chi connectivity index (χ0v) is 20.3. The van der Waals surface area contributed by atoms with Crippen LogP contribution < -0.4 is 16.0 Å². The normalized spacial score (nSPS) is 21.0. The quantitative estimate of drug-likeness (QED) is 0.587. The number of allylic oxidation sites excluding steroid dienone is 1. The van der Waals surface area contributed by atoms with Crippen molar-refractivity contribution in [1.29, 1.82) is 0 Å². The number of carbonyl (C=O) groups excluding carboxylic acids is 2. The maximum absolute atomic E-state index is 13.9. The average molecular weight is 466 g/mol. The molecule has 2 aromatic rings. The molecule has 180 valence electrons.